The maximum Gasteiger partial charge on any atom is 0.417 e. The number of pyridine rings is 1. The summed E-state index contributed by atoms with van der Waals surface area (Å²) in [4.78, 5) is 19.9. The fourth-order valence-electron chi connectivity index (χ4n) is 3.15. The normalized spacial score (nSPS) is 18.1. The summed E-state index contributed by atoms with van der Waals surface area (Å²) in [5.41, 5.74) is 0.517. The first-order valence-electron chi connectivity index (χ1n) is 8.65. The number of H-pyrrole nitrogens is 1. The molecule has 0 unspecified atom stereocenters. The number of aromatic nitrogens is 3. The molecule has 1 saturated carbocycles. The fraction of sp³-hybridized carbons (Fsp3) is 0.471. The Balaban J connectivity index is 1.40. The number of amides is 1. The van der Waals surface area contributed by atoms with Gasteiger partial charge in [0, 0.05) is 44.0 Å². The topological polar surface area (TPSA) is 65.1 Å². The number of rotatable bonds is 3. The molecule has 0 bridgehead atoms. The smallest absolute Gasteiger partial charge is 0.352 e. The predicted molar refractivity (Wildman–Crippen MR) is 92.9 cm³/mol. The number of carbonyl (C=O) groups is 1. The Bertz CT molecular complexity index is 856. The van der Waals surface area contributed by atoms with Crippen molar-refractivity contribution < 1.29 is 18.0 Å². The van der Waals surface area contributed by atoms with E-state index < -0.39 is 11.7 Å². The molecule has 4 rings (SSSR count). The first-order chi connectivity index (χ1) is 12.8. The molecule has 144 valence electrons. The monoisotopic (exact) mass is 399 g/mol. The quantitative estimate of drug-likeness (QED) is 0.860. The molecule has 0 atom stereocenters. The number of nitrogens with zero attached hydrogens (tertiary/aromatic N) is 4. The zero-order valence-corrected chi connectivity index (χ0v) is 15.0. The zero-order chi connectivity index (χ0) is 19.2. The maximum absolute atomic E-state index is 12.7. The fourth-order valence-corrected chi connectivity index (χ4v) is 3.44. The molecule has 0 aromatic carbocycles. The van der Waals surface area contributed by atoms with Crippen molar-refractivity contribution in [1.82, 2.24) is 20.1 Å². The van der Waals surface area contributed by atoms with Crippen molar-refractivity contribution in [3.05, 3.63) is 40.3 Å². The van der Waals surface area contributed by atoms with Crippen LogP contribution in [0.1, 0.15) is 40.5 Å². The van der Waals surface area contributed by atoms with Crippen molar-refractivity contribution in [3.63, 3.8) is 0 Å². The third kappa shape index (κ3) is 3.73. The number of anilines is 1. The minimum atomic E-state index is -4.48. The number of hydrogen-bond donors (Lipinski definition) is 1. The average Bonchev–Trinajstić information content (AvgIpc) is 3.37. The molecule has 0 radical (unpaired) electrons. The Morgan fingerprint density at radius 3 is 2.48 bits per heavy atom. The van der Waals surface area contributed by atoms with Crippen molar-refractivity contribution in [2.75, 3.05) is 31.1 Å². The van der Waals surface area contributed by atoms with Gasteiger partial charge in [-0.1, -0.05) is 11.6 Å². The van der Waals surface area contributed by atoms with E-state index in [0.717, 1.165) is 30.8 Å². The number of hydrogen-bond acceptors (Lipinski definition) is 4. The van der Waals surface area contributed by atoms with Crippen LogP contribution in [0, 0.1) is 0 Å². The van der Waals surface area contributed by atoms with Gasteiger partial charge >= 0.3 is 6.18 Å². The van der Waals surface area contributed by atoms with Crippen molar-refractivity contribution in [2.24, 2.45) is 0 Å². The number of halogens is 4. The minimum Gasteiger partial charge on any atom is -0.352 e. The highest BCUT2D eigenvalue weighted by Crippen LogP contribution is 2.39. The molecule has 2 aromatic heterocycles. The summed E-state index contributed by atoms with van der Waals surface area (Å²) < 4.78 is 38.2. The lowest BCUT2D eigenvalue weighted by Gasteiger charge is -2.35. The maximum atomic E-state index is 12.7. The second-order valence-electron chi connectivity index (χ2n) is 6.79. The summed E-state index contributed by atoms with van der Waals surface area (Å²) in [5, 5.41) is 6.98. The van der Waals surface area contributed by atoms with E-state index in [4.69, 9.17) is 11.6 Å². The van der Waals surface area contributed by atoms with Crippen molar-refractivity contribution >= 4 is 23.3 Å². The lowest BCUT2D eigenvalue weighted by atomic mass is 10.2. The standard InChI is InChI=1S/C17H17ClF3N5O/c18-12-7-11(17(19,20)21)9-22-15(12)25-3-5-26(6-4-25)16(27)14-8-13(23-24-14)10-1-2-10/h7-10H,1-6H2,(H,23,24). The molecule has 6 nitrogen and oxygen atoms in total. The van der Waals surface area contributed by atoms with Crippen LogP contribution in [0.2, 0.25) is 5.02 Å². The van der Waals surface area contributed by atoms with Gasteiger partial charge in [0.25, 0.3) is 5.91 Å². The Labute approximate surface area is 158 Å². The van der Waals surface area contributed by atoms with Gasteiger partial charge in [-0.3, -0.25) is 9.89 Å². The molecule has 27 heavy (non-hydrogen) atoms. The van der Waals surface area contributed by atoms with Gasteiger partial charge in [-0.25, -0.2) is 4.98 Å². The van der Waals surface area contributed by atoms with E-state index in [2.05, 4.69) is 15.2 Å². The molecule has 2 aromatic rings. The summed E-state index contributed by atoms with van der Waals surface area (Å²) in [5.74, 6) is 0.639. The van der Waals surface area contributed by atoms with Gasteiger partial charge in [-0.05, 0) is 25.0 Å². The summed E-state index contributed by atoms with van der Waals surface area (Å²) in [7, 11) is 0. The molecule has 10 heteroatoms. The second kappa shape index (κ2) is 6.70. The lowest BCUT2D eigenvalue weighted by molar-refractivity contribution is -0.137. The number of alkyl halides is 3. The lowest BCUT2D eigenvalue weighted by Crippen LogP contribution is -2.49. The molecule has 0 spiro atoms. The van der Waals surface area contributed by atoms with Gasteiger partial charge in [0.1, 0.15) is 11.5 Å². The highest BCUT2D eigenvalue weighted by Gasteiger charge is 2.33. The van der Waals surface area contributed by atoms with Gasteiger partial charge in [0.05, 0.1) is 10.6 Å². The zero-order valence-electron chi connectivity index (χ0n) is 14.3. The highest BCUT2D eigenvalue weighted by atomic mass is 35.5. The molecule has 1 N–H and O–H groups in total. The van der Waals surface area contributed by atoms with E-state index in [-0.39, 0.29) is 10.9 Å². The van der Waals surface area contributed by atoms with Crippen LogP contribution in [0.15, 0.2) is 18.3 Å². The van der Waals surface area contributed by atoms with Crippen LogP contribution in [0.5, 0.6) is 0 Å². The van der Waals surface area contributed by atoms with Gasteiger partial charge in [0.2, 0.25) is 0 Å². The van der Waals surface area contributed by atoms with Crippen LogP contribution in [-0.4, -0.2) is 52.2 Å². The molecule has 2 aliphatic rings. The van der Waals surface area contributed by atoms with Gasteiger partial charge in [-0.2, -0.15) is 18.3 Å². The number of aromatic amines is 1. The first kappa shape index (κ1) is 18.1. The molecule has 1 aliphatic heterocycles. The Morgan fingerprint density at radius 1 is 1.19 bits per heavy atom. The second-order valence-corrected chi connectivity index (χ2v) is 7.20. The van der Waals surface area contributed by atoms with E-state index in [1.165, 1.54) is 0 Å². The van der Waals surface area contributed by atoms with Crippen molar-refractivity contribution in [3.8, 4) is 0 Å². The van der Waals surface area contributed by atoms with Crippen LogP contribution in [0.4, 0.5) is 19.0 Å². The van der Waals surface area contributed by atoms with Crippen LogP contribution >= 0.6 is 11.6 Å². The minimum absolute atomic E-state index is 0.0500. The number of nitrogens with one attached hydrogen (secondary N) is 1. The van der Waals surface area contributed by atoms with Crippen molar-refractivity contribution in [1.29, 1.82) is 0 Å². The molecule has 3 heterocycles. The van der Waals surface area contributed by atoms with E-state index in [9.17, 15) is 18.0 Å². The molecule has 2 fully saturated rings. The predicted octanol–water partition coefficient (Wildman–Crippen LogP) is 3.32. The number of carbonyl (C=O) groups excluding carboxylic acids is 1. The molecule has 1 saturated heterocycles. The van der Waals surface area contributed by atoms with E-state index >= 15 is 0 Å². The van der Waals surface area contributed by atoms with E-state index in [1.54, 1.807) is 15.9 Å². The number of piperazine rings is 1. The van der Waals surface area contributed by atoms with Gasteiger partial charge in [0.15, 0.2) is 0 Å². The van der Waals surface area contributed by atoms with Gasteiger partial charge in [-0.15, -0.1) is 0 Å². The Hall–Kier alpha value is -2.29. The average molecular weight is 400 g/mol. The van der Waals surface area contributed by atoms with E-state index in [0.29, 0.717) is 43.6 Å². The third-order valence-corrected chi connectivity index (χ3v) is 5.13. The first-order valence-corrected chi connectivity index (χ1v) is 9.03. The van der Waals surface area contributed by atoms with E-state index in [1.807, 2.05) is 0 Å². The summed E-state index contributed by atoms with van der Waals surface area (Å²) in [6.07, 6.45) is -1.46. The summed E-state index contributed by atoms with van der Waals surface area (Å²) >= 11 is 6.00. The molecule has 1 amide bonds. The highest BCUT2D eigenvalue weighted by molar-refractivity contribution is 6.33. The Morgan fingerprint density at radius 2 is 1.89 bits per heavy atom. The van der Waals surface area contributed by atoms with Crippen LogP contribution < -0.4 is 4.90 Å². The van der Waals surface area contributed by atoms with Crippen LogP contribution in [0.3, 0.4) is 0 Å². The summed E-state index contributed by atoms with van der Waals surface area (Å²) in [6, 6.07) is 2.69. The summed E-state index contributed by atoms with van der Waals surface area (Å²) in [6.45, 7) is 1.71. The molecule has 1 aliphatic carbocycles. The van der Waals surface area contributed by atoms with Gasteiger partial charge < -0.3 is 9.80 Å². The SMILES string of the molecule is O=C(c1cc(C2CC2)[nH]n1)N1CCN(c2ncc(C(F)(F)F)cc2Cl)CC1. The molecular weight excluding hydrogens is 383 g/mol. The molecular formula is C17H17ClF3N5O. The van der Waals surface area contributed by atoms with Crippen molar-refractivity contribution in [2.45, 2.75) is 24.9 Å². The van der Waals surface area contributed by atoms with Crippen LogP contribution in [-0.2, 0) is 6.18 Å². The third-order valence-electron chi connectivity index (χ3n) is 4.85. The largest absolute Gasteiger partial charge is 0.417 e. The Kier molecular flexibility index (Phi) is 4.49. The van der Waals surface area contributed by atoms with Crippen LogP contribution in [0.25, 0.3) is 0 Å².